The minimum absolute atomic E-state index is 0.188. The summed E-state index contributed by atoms with van der Waals surface area (Å²) in [5.74, 6) is 1.10. The standard InChI is InChI=1S/C19H29FN6O/c1-4-13(20)9-21-19-22-10-16(17-12(2)11-26(3)25-17)18(24-19)23-14-5-7-15(27)8-6-14/h10-11,13-15,27H,4-9H2,1-3H3,(H2,21,22,23,24). The van der Waals surface area contributed by atoms with E-state index in [1.54, 1.807) is 10.9 Å². The summed E-state index contributed by atoms with van der Waals surface area (Å²) in [4.78, 5) is 8.97. The lowest BCUT2D eigenvalue weighted by atomic mass is 9.93. The van der Waals surface area contributed by atoms with Crippen LogP contribution in [-0.2, 0) is 7.05 Å². The van der Waals surface area contributed by atoms with Gasteiger partial charge in [-0.1, -0.05) is 6.92 Å². The molecule has 1 aliphatic rings. The number of rotatable bonds is 7. The van der Waals surface area contributed by atoms with Crippen LogP contribution in [0, 0.1) is 6.92 Å². The second kappa shape index (κ2) is 8.65. The minimum atomic E-state index is -0.928. The molecule has 2 heterocycles. The zero-order valence-electron chi connectivity index (χ0n) is 16.2. The number of hydrogen-bond donors (Lipinski definition) is 3. The molecule has 0 spiro atoms. The maximum absolute atomic E-state index is 13.6. The molecule has 2 aromatic heterocycles. The van der Waals surface area contributed by atoms with Crippen molar-refractivity contribution >= 4 is 11.8 Å². The number of hydrogen-bond acceptors (Lipinski definition) is 6. The van der Waals surface area contributed by atoms with Crippen molar-refractivity contribution < 1.29 is 9.50 Å². The molecule has 0 bridgehead atoms. The zero-order chi connectivity index (χ0) is 19.4. The average molecular weight is 376 g/mol. The molecule has 27 heavy (non-hydrogen) atoms. The summed E-state index contributed by atoms with van der Waals surface area (Å²) in [5, 5.41) is 20.8. The molecule has 1 unspecified atom stereocenters. The first-order chi connectivity index (χ1) is 13.0. The van der Waals surface area contributed by atoms with Crippen LogP contribution in [0.25, 0.3) is 11.3 Å². The summed E-state index contributed by atoms with van der Waals surface area (Å²) in [6.07, 6.45) is 6.35. The Morgan fingerprint density at radius 1 is 1.33 bits per heavy atom. The molecule has 1 saturated carbocycles. The minimum Gasteiger partial charge on any atom is -0.393 e. The van der Waals surface area contributed by atoms with Crippen LogP contribution < -0.4 is 10.6 Å². The zero-order valence-corrected chi connectivity index (χ0v) is 16.2. The maximum Gasteiger partial charge on any atom is 0.224 e. The number of aromatic nitrogens is 4. The monoisotopic (exact) mass is 376 g/mol. The van der Waals surface area contributed by atoms with Gasteiger partial charge >= 0.3 is 0 Å². The van der Waals surface area contributed by atoms with Gasteiger partial charge in [0.15, 0.2) is 0 Å². The first kappa shape index (κ1) is 19.5. The number of halogens is 1. The van der Waals surface area contributed by atoms with Crippen LogP contribution in [0.2, 0.25) is 0 Å². The molecular formula is C19H29FN6O. The first-order valence-corrected chi connectivity index (χ1v) is 9.66. The Labute approximate surface area is 159 Å². The highest BCUT2D eigenvalue weighted by Crippen LogP contribution is 2.30. The lowest BCUT2D eigenvalue weighted by Gasteiger charge is -2.27. The fourth-order valence-electron chi connectivity index (χ4n) is 3.38. The van der Waals surface area contributed by atoms with Crippen molar-refractivity contribution in [3.8, 4) is 11.3 Å². The molecule has 1 fully saturated rings. The second-order valence-electron chi connectivity index (χ2n) is 7.33. The van der Waals surface area contributed by atoms with Gasteiger partial charge in [0.25, 0.3) is 0 Å². The van der Waals surface area contributed by atoms with Gasteiger partial charge in [-0.2, -0.15) is 10.1 Å². The van der Waals surface area contributed by atoms with Crippen molar-refractivity contribution in [2.24, 2.45) is 7.05 Å². The highest BCUT2D eigenvalue weighted by molar-refractivity contribution is 5.74. The van der Waals surface area contributed by atoms with Gasteiger partial charge in [0.05, 0.1) is 11.7 Å². The molecule has 8 heteroatoms. The lowest BCUT2D eigenvalue weighted by Crippen LogP contribution is -2.29. The number of nitrogens with one attached hydrogen (secondary N) is 2. The average Bonchev–Trinajstić information content (AvgIpc) is 2.99. The molecule has 3 rings (SSSR count). The molecule has 1 atom stereocenters. The third-order valence-corrected chi connectivity index (χ3v) is 5.02. The Hall–Kier alpha value is -2.22. The van der Waals surface area contributed by atoms with Crippen molar-refractivity contribution in [1.29, 1.82) is 0 Å². The summed E-state index contributed by atoms with van der Waals surface area (Å²) in [5.41, 5.74) is 2.70. The van der Waals surface area contributed by atoms with Crippen LogP contribution in [0.1, 0.15) is 44.6 Å². The summed E-state index contributed by atoms with van der Waals surface area (Å²) < 4.78 is 15.3. The predicted molar refractivity (Wildman–Crippen MR) is 105 cm³/mol. The summed E-state index contributed by atoms with van der Waals surface area (Å²) >= 11 is 0. The van der Waals surface area contributed by atoms with Crippen molar-refractivity contribution in [3.05, 3.63) is 18.0 Å². The van der Waals surface area contributed by atoms with E-state index in [4.69, 9.17) is 0 Å². The van der Waals surface area contributed by atoms with E-state index in [2.05, 4.69) is 25.7 Å². The first-order valence-electron chi connectivity index (χ1n) is 9.66. The van der Waals surface area contributed by atoms with Crippen molar-refractivity contribution in [1.82, 2.24) is 19.7 Å². The van der Waals surface area contributed by atoms with Gasteiger partial charge in [0.1, 0.15) is 17.7 Å². The summed E-state index contributed by atoms with van der Waals surface area (Å²) in [6.45, 7) is 4.00. The molecule has 0 saturated heterocycles. The van der Waals surface area contributed by atoms with Crippen LogP contribution >= 0.6 is 0 Å². The number of aliphatic hydroxyl groups is 1. The number of alkyl halides is 1. The van der Waals surface area contributed by atoms with Crippen LogP contribution in [0.3, 0.4) is 0 Å². The molecule has 7 nitrogen and oxygen atoms in total. The van der Waals surface area contributed by atoms with Crippen LogP contribution in [-0.4, -0.2) is 49.7 Å². The Balaban J connectivity index is 1.86. The van der Waals surface area contributed by atoms with E-state index >= 15 is 0 Å². The van der Waals surface area contributed by atoms with Gasteiger partial charge < -0.3 is 15.7 Å². The molecule has 0 radical (unpaired) electrons. The van der Waals surface area contributed by atoms with Crippen LogP contribution in [0.4, 0.5) is 16.2 Å². The summed E-state index contributed by atoms with van der Waals surface area (Å²) in [6, 6.07) is 0.239. The van der Waals surface area contributed by atoms with Gasteiger partial charge in [-0.3, -0.25) is 4.68 Å². The van der Waals surface area contributed by atoms with Crippen LogP contribution in [0.5, 0.6) is 0 Å². The van der Waals surface area contributed by atoms with Gasteiger partial charge in [0.2, 0.25) is 5.95 Å². The van der Waals surface area contributed by atoms with E-state index in [9.17, 15) is 9.50 Å². The van der Waals surface area contributed by atoms with Gasteiger partial charge in [-0.05, 0) is 44.6 Å². The highest BCUT2D eigenvalue weighted by Gasteiger charge is 2.22. The van der Waals surface area contributed by atoms with E-state index in [0.29, 0.717) is 18.2 Å². The number of aliphatic hydroxyl groups excluding tert-OH is 1. The van der Waals surface area contributed by atoms with Gasteiger partial charge in [0, 0.05) is 32.0 Å². The quantitative estimate of drug-likeness (QED) is 0.688. The molecule has 148 valence electrons. The van der Waals surface area contributed by atoms with Crippen molar-refractivity contribution in [3.63, 3.8) is 0 Å². The molecule has 2 aromatic rings. The smallest absolute Gasteiger partial charge is 0.224 e. The van der Waals surface area contributed by atoms with E-state index in [-0.39, 0.29) is 18.7 Å². The third-order valence-electron chi connectivity index (χ3n) is 5.02. The van der Waals surface area contributed by atoms with Gasteiger partial charge in [-0.25, -0.2) is 9.37 Å². The number of anilines is 2. The van der Waals surface area contributed by atoms with E-state index in [1.165, 1.54) is 0 Å². The van der Waals surface area contributed by atoms with Crippen molar-refractivity contribution in [2.45, 2.75) is 64.3 Å². The normalized spacial score (nSPS) is 21.1. The van der Waals surface area contributed by atoms with Gasteiger partial charge in [-0.15, -0.1) is 0 Å². The lowest BCUT2D eigenvalue weighted by molar-refractivity contribution is 0.126. The Morgan fingerprint density at radius 3 is 2.70 bits per heavy atom. The van der Waals surface area contributed by atoms with E-state index < -0.39 is 6.17 Å². The Bertz CT molecular complexity index is 757. The molecule has 3 N–H and O–H groups in total. The third kappa shape index (κ3) is 4.94. The molecule has 0 aromatic carbocycles. The Kier molecular flexibility index (Phi) is 6.26. The number of aryl methyl sites for hydroxylation is 2. The fourth-order valence-corrected chi connectivity index (χ4v) is 3.38. The van der Waals surface area contributed by atoms with Crippen molar-refractivity contribution in [2.75, 3.05) is 17.2 Å². The molecule has 0 aliphatic heterocycles. The Morgan fingerprint density at radius 2 is 2.07 bits per heavy atom. The fraction of sp³-hybridized carbons (Fsp3) is 0.632. The summed E-state index contributed by atoms with van der Waals surface area (Å²) in [7, 11) is 1.88. The maximum atomic E-state index is 13.6. The molecule has 0 amide bonds. The largest absolute Gasteiger partial charge is 0.393 e. The second-order valence-corrected chi connectivity index (χ2v) is 7.33. The highest BCUT2D eigenvalue weighted by atomic mass is 19.1. The SMILES string of the molecule is CCC(F)CNc1ncc(-c2nn(C)cc2C)c(NC2CCC(O)CC2)n1. The number of nitrogens with zero attached hydrogens (tertiary/aromatic N) is 4. The van der Waals surface area contributed by atoms with E-state index in [0.717, 1.165) is 42.5 Å². The van der Waals surface area contributed by atoms with Crippen LogP contribution in [0.15, 0.2) is 12.4 Å². The predicted octanol–water partition coefficient (Wildman–Crippen LogP) is 3.06. The topological polar surface area (TPSA) is 87.9 Å². The molecule has 1 aliphatic carbocycles. The van der Waals surface area contributed by atoms with E-state index in [1.807, 2.05) is 27.1 Å². The molecular weight excluding hydrogens is 347 g/mol.